The summed E-state index contributed by atoms with van der Waals surface area (Å²) in [6, 6.07) is 1.74. The molecule has 0 saturated carbocycles. The van der Waals surface area contributed by atoms with Crippen LogP contribution in [0.1, 0.15) is 42.8 Å². The van der Waals surface area contributed by atoms with Crippen LogP contribution in [0.4, 0.5) is 0 Å². The van der Waals surface area contributed by atoms with Gasteiger partial charge in [-0.2, -0.15) is 9.40 Å². The molecule has 0 radical (unpaired) electrons. The number of rotatable bonds is 4. The Labute approximate surface area is 165 Å². The molecule has 0 amide bonds. The Balaban J connectivity index is 1.43. The summed E-state index contributed by atoms with van der Waals surface area (Å²) in [5.41, 5.74) is 2.11. The standard InChI is InChI=1S/C19H27N5O3S/c1-14-20-18(13-22(14)2)28(26,27)23-9-7-15(8-10-23)12-24-19(25)11-16-5-3-4-6-17(16)21-24/h11,13,15H,3-10,12H2,1-2H3. The third kappa shape index (κ3) is 3.65. The summed E-state index contributed by atoms with van der Waals surface area (Å²) in [6.07, 6.45) is 7.14. The van der Waals surface area contributed by atoms with E-state index in [-0.39, 0.29) is 16.5 Å². The molecule has 2 aliphatic rings. The second-order valence-electron chi connectivity index (χ2n) is 7.93. The number of imidazole rings is 1. The molecule has 0 spiro atoms. The first-order valence-electron chi connectivity index (χ1n) is 9.94. The van der Waals surface area contributed by atoms with E-state index in [2.05, 4.69) is 10.1 Å². The highest BCUT2D eigenvalue weighted by atomic mass is 32.2. The minimum atomic E-state index is -3.56. The molecule has 1 aliphatic carbocycles. The van der Waals surface area contributed by atoms with Gasteiger partial charge in [0.15, 0.2) is 5.03 Å². The maximum absolute atomic E-state index is 12.8. The topological polar surface area (TPSA) is 90.1 Å². The van der Waals surface area contributed by atoms with Crippen LogP contribution < -0.4 is 5.56 Å². The molecule has 2 aromatic rings. The molecule has 1 saturated heterocycles. The fraction of sp³-hybridized carbons (Fsp3) is 0.632. The number of aromatic nitrogens is 4. The van der Waals surface area contributed by atoms with Crippen molar-refractivity contribution in [3.63, 3.8) is 0 Å². The molecule has 0 aromatic carbocycles. The average molecular weight is 406 g/mol. The van der Waals surface area contributed by atoms with Crippen LogP contribution in [0.25, 0.3) is 0 Å². The quantitative estimate of drug-likeness (QED) is 0.764. The number of sulfonamides is 1. The molecule has 1 aliphatic heterocycles. The molecule has 0 bridgehead atoms. The van der Waals surface area contributed by atoms with Crippen molar-refractivity contribution in [3.05, 3.63) is 39.7 Å². The lowest BCUT2D eigenvalue weighted by Gasteiger charge is -2.30. The molecule has 0 N–H and O–H groups in total. The second kappa shape index (κ2) is 7.44. The summed E-state index contributed by atoms with van der Waals surface area (Å²) in [5.74, 6) is 0.926. The Bertz CT molecular complexity index is 1010. The molecule has 2 aromatic heterocycles. The van der Waals surface area contributed by atoms with Crippen molar-refractivity contribution in [2.45, 2.75) is 57.0 Å². The second-order valence-corrected chi connectivity index (χ2v) is 9.81. The minimum absolute atomic E-state index is 0.0420. The summed E-state index contributed by atoms with van der Waals surface area (Å²) in [5, 5.41) is 4.70. The predicted molar refractivity (Wildman–Crippen MR) is 105 cm³/mol. The van der Waals surface area contributed by atoms with Crippen LogP contribution in [0, 0.1) is 12.8 Å². The molecule has 4 rings (SSSR count). The van der Waals surface area contributed by atoms with Crippen molar-refractivity contribution in [2.75, 3.05) is 13.1 Å². The third-order valence-electron chi connectivity index (χ3n) is 5.97. The molecule has 28 heavy (non-hydrogen) atoms. The van der Waals surface area contributed by atoms with E-state index in [1.54, 1.807) is 35.5 Å². The SMILES string of the molecule is Cc1nc(S(=O)(=O)N2CCC(Cn3nc4c(cc3=O)CCCC4)CC2)cn1C. The molecule has 0 unspecified atom stereocenters. The van der Waals surface area contributed by atoms with Gasteiger partial charge in [-0.15, -0.1) is 0 Å². The van der Waals surface area contributed by atoms with Gasteiger partial charge < -0.3 is 4.57 Å². The van der Waals surface area contributed by atoms with Crippen molar-refractivity contribution in [2.24, 2.45) is 13.0 Å². The van der Waals surface area contributed by atoms with Gasteiger partial charge in [-0.1, -0.05) is 0 Å². The Morgan fingerprint density at radius 1 is 1.18 bits per heavy atom. The van der Waals surface area contributed by atoms with Gasteiger partial charge in [0, 0.05) is 38.9 Å². The minimum Gasteiger partial charge on any atom is -0.337 e. The molecule has 0 atom stereocenters. The van der Waals surface area contributed by atoms with Gasteiger partial charge in [0.25, 0.3) is 15.6 Å². The summed E-state index contributed by atoms with van der Waals surface area (Å²) in [6.45, 7) is 3.24. The van der Waals surface area contributed by atoms with Crippen molar-refractivity contribution in [1.82, 2.24) is 23.6 Å². The lowest BCUT2D eigenvalue weighted by atomic mass is 9.96. The Morgan fingerprint density at radius 3 is 2.57 bits per heavy atom. The molecular weight excluding hydrogens is 378 g/mol. The van der Waals surface area contributed by atoms with Gasteiger partial charge in [0.1, 0.15) is 5.82 Å². The highest BCUT2D eigenvalue weighted by molar-refractivity contribution is 7.89. The molecule has 152 valence electrons. The lowest BCUT2D eigenvalue weighted by Crippen LogP contribution is -2.40. The van der Waals surface area contributed by atoms with Crippen LogP contribution in [-0.2, 0) is 36.5 Å². The number of piperidine rings is 1. The highest BCUT2D eigenvalue weighted by Gasteiger charge is 2.31. The van der Waals surface area contributed by atoms with Crippen molar-refractivity contribution in [1.29, 1.82) is 0 Å². The molecule has 1 fully saturated rings. The van der Waals surface area contributed by atoms with Crippen LogP contribution in [-0.4, -0.2) is 45.1 Å². The zero-order valence-electron chi connectivity index (χ0n) is 16.5. The molecular formula is C19H27N5O3S. The predicted octanol–water partition coefficient (Wildman–Crippen LogP) is 1.26. The zero-order chi connectivity index (χ0) is 19.9. The Kier molecular flexibility index (Phi) is 5.13. The normalized spacial score (nSPS) is 18.9. The van der Waals surface area contributed by atoms with E-state index < -0.39 is 10.0 Å². The molecule has 8 nitrogen and oxygen atoms in total. The van der Waals surface area contributed by atoms with Gasteiger partial charge in [-0.25, -0.2) is 18.1 Å². The van der Waals surface area contributed by atoms with E-state index in [9.17, 15) is 13.2 Å². The monoisotopic (exact) mass is 405 g/mol. The molecule has 9 heteroatoms. The summed E-state index contributed by atoms with van der Waals surface area (Å²) >= 11 is 0. The van der Waals surface area contributed by atoms with Crippen molar-refractivity contribution in [3.8, 4) is 0 Å². The number of aryl methyl sites for hydroxylation is 4. The third-order valence-corrected chi connectivity index (χ3v) is 7.74. The summed E-state index contributed by atoms with van der Waals surface area (Å²) in [7, 11) is -1.77. The average Bonchev–Trinajstić information content (AvgIpc) is 3.02. The summed E-state index contributed by atoms with van der Waals surface area (Å²) in [4.78, 5) is 16.6. The van der Waals surface area contributed by atoms with Crippen molar-refractivity contribution >= 4 is 10.0 Å². The van der Waals surface area contributed by atoms with Crippen LogP contribution >= 0.6 is 0 Å². The highest BCUT2D eigenvalue weighted by Crippen LogP contribution is 2.24. The Morgan fingerprint density at radius 2 is 1.89 bits per heavy atom. The van der Waals surface area contributed by atoms with Gasteiger partial charge in [-0.3, -0.25) is 4.79 Å². The van der Waals surface area contributed by atoms with Gasteiger partial charge in [0.2, 0.25) is 0 Å². The maximum atomic E-state index is 12.8. The van der Waals surface area contributed by atoms with Crippen molar-refractivity contribution < 1.29 is 8.42 Å². The maximum Gasteiger partial charge on any atom is 0.267 e. The van der Waals surface area contributed by atoms with E-state index in [1.165, 1.54) is 4.31 Å². The van der Waals surface area contributed by atoms with E-state index in [0.717, 1.165) is 49.8 Å². The van der Waals surface area contributed by atoms with Crippen LogP contribution in [0.3, 0.4) is 0 Å². The zero-order valence-corrected chi connectivity index (χ0v) is 17.3. The van der Waals surface area contributed by atoms with E-state index >= 15 is 0 Å². The van der Waals surface area contributed by atoms with Gasteiger partial charge >= 0.3 is 0 Å². The largest absolute Gasteiger partial charge is 0.337 e. The first-order valence-corrected chi connectivity index (χ1v) is 11.4. The lowest BCUT2D eigenvalue weighted by molar-refractivity contribution is 0.243. The van der Waals surface area contributed by atoms with E-state index in [4.69, 9.17) is 0 Å². The smallest absolute Gasteiger partial charge is 0.267 e. The van der Waals surface area contributed by atoms with Crippen LogP contribution in [0.2, 0.25) is 0 Å². The van der Waals surface area contributed by atoms with Gasteiger partial charge in [-0.05, 0) is 56.9 Å². The first-order chi connectivity index (χ1) is 13.3. The number of nitrogens with zero attached hydrogens (tertiary/aromatic N) is 5. The fourth-order valence-electron chi connectivity index (χ4n) is 4.09. The fourth-order valence-corrected chi connectivity index (χ4v) is 5.59. The van der Waals surface area contributed by atoms with E-state index in [0.29, 0.717) is 25.5 Å². The van der Waals surface area contributed by atoms with Crippen LogP contribution in [0.5, 0.6) is 0 Å². The number of hydrogen-bond donors (Lipinski definition) is 0. The van der Waals surface area contributed by atoms with E-state index in [1.807, 2.05) is 0 Å². The Hall–Kier alpha value is -2.00. The number of fused-ring (bicyclic) bond motifs is 1. The molecule has 3 heterocycles. The van der Waals surface area contributed by atoms with Crippen LogP contribution in [0.15, 0.2) is 22.1 Å². The number of hydrogen-bond acceptors (Lipinski definition) is 5. The summed E-state index contributed by atoms with van der Waals surface area (Å²) < 4.78 is 30.4. The first kappa shape index (κ1) is 19.3. The van der Waals surface area contributed by atoms with Gasteiger partial charge in [0.05, 0.1) is 5.69 Å².